The predicted molar refractivity (Wildman–Crippen MR) is 91.2 cm³/mol. The van der Waals surface area contributed by atoms with Crippen molar-refractivity contribution in [2.24, 2.45) is 0 Å². The lowest BCUT2D eigenvalue weighted by molar-refractivity contribution is -0.137. The molecule has 1 heterocycles. The van der Waals surface area contributed by atoms with Gasteiger partial charge in [-0.05, 0) is 30.3 Å². The zero-order valence-corrected chi connectivity index (χ0v) is 13.3. The molecule has 26 heavy (non-hydrogen) atoms. The van der Waals surface area contributed by atoms with Crippen molar-refractivity contribution < 1.29 is 18.0 Å². The Balaban J connectivity index is 1.76. The van der Waals surface area contributed by atoms with Crippen molar-refractivity contribution in [3.63, 3.8) is 0 Å². The molecule has 0 saturated carbocycles. The maximum absolute atomic E-state index is 12.8. The van der Waals surface area contributed by atoms with Crippen LogP contribution in [0.4, 0.5) is 30.4 Å². The third kappa shape index (κ3) is 4.35. The lowest BCUT2D eigenvalue weighted by Crippen LogP contribution is -2.14. The van der Waals surface area contributed by atoms with Crippen molar-refractivity contribution >= 4 is 23.1 Å². The molecule has 3 aromatic rings. The monoisotopic (exact) mass is 358 g/mol. The molecule has 3 rings (SSSR count). The van der Waals surface area contributed by atoms with Crippen molar-refractivity contribution in [3.8, 4) is 0 Å². The van der Waals surface area contributed by atoms with Crippen LogP contribution >= 0.6 is 0 Å². The fraction of sp³-hybridized carbons (Fsp3) is 0.0556. The van der Waals surface area contributed by atoms with Crippen LogP contribution in [0.15, 0.2) is 67.0 Å². The first-order chi connectivity index (χ1) is 12.4. The molecule has 5 nitrogen and oxygen atoms in total. The van der Waals surface area contributed by atoms with E-state index in [4.69, 9.17) is 0 Å². The van der Waals surface area contributed by atoms with Crippen LogP contribution in [-0.2, 0) is 6.18 Å². The van der Waals surface area contributed by atoms with Gasteiger partial charge in [-0.2, -0.15) is 13.2 Å². The molecule has 1 aromatic heterocycles. The summed E-state index contributed by atoms with van der Waals surface area (Å²) in [6, 6.07) is 14.9. The summed E-state index contributed by atoms with van der Waals surface area (Å²) in [4.78, 5) is 20.0. The summed E-state index contributed by atoms with van der Waals surface area (Å²) in [6.45, 7) is 0. The molecule has 132 valence electrons. The molecular weight excluding hydrogens is 345 g/mol. The van der Waals surface area contributed by atoms with Crippen LogP contribution in [-0.4, -0.2) is 15.9 Å². The van der Waals surface area contributed by atoms with Gasteiger partial charge in [0.1, 0.15) is 17.8 Å². The highest BCUT2D eigenvalue weighted by Gasteiger charge is 2.30. The lowest BCUT2D eigenvalue weighted by Gasteiger charge is -2.10. The van der Waals surface area contributed by atoms with Crippen molar-refractivity contribution in [2.75, 3.05) is 10.6 Å². The van der Waals surface area contributed by atoms with Crippen molar-refractivity contribution in [2.45, 2.75) is 6.18 Å². The fourth-order valence-electron chi connectivity index (χ4n) is 2.19. The third-order valence-electron chi connectivity index (χ3n) is 3.39. The molecule has 8 heteroatoms. The zero-order valence-electron chi connectivity index (χ0n) is 13.3. The molecule has 0 radical (unpaired) electrons. The lowest BCUT2D eigenvalue weighted by atomic mass is 10.2. The summed E-state index contributed by atoms with van der Waals surface area (Å²) >= 11 is 0. The summed E-state index contributed by atoms with van der Waals surface area (Å²) in [7, 11) is 0. The first-order valence-electron chi connectivity index (χ1n) is 7.54. The Morgan fingerprint density at radius 1 is 0.885 bits per heavy atom. The van der Waals surface area contributed by atoms with Gasteiger partial charge in [0.25, 0.3) is 5.91 Å². The molecule has 0 bridgehead atoms. The summed E-state index contributed by atoms with van der Waals surface area (Å²) < 4.78 is 38.3. The van der Waals surface area contributed by atoms with E-state index in [0.717, 1.165) is 18.5 Å². The molecule has 0 aliphatic rings. The Morgan fingerprint density at radius 2 is 1.62 bits per heavy atom. The highest BCUT2D eigenvalue weighted by molar-refractivity contribution is 6.03. The van der Waals surface area contributed by atoms with Crippen LogP contribution in [0.5, 0.6) is 0 Å². The second-order valence-electron chi connectivity index (χ2n) is 5.31. The molecule has 0 saturated heterocycles. The predicted octanol–water partition coefficient (Wildman–Crippen LogP) is 4.49. The van der Waals surface area contributed by atoms with Gasteiger partial charge in [-0.15, -0.1) is 0 Å². The number of nitrogens with one attached hydrogen (secondary N) is 2. The number of hydrogen-bond acceptors (Lipinski definition) is 4. The number of para-hydroxylation sites is 1. The number of anilines is 3. The largest absolute Gasteiger partial charge is 0.416 e. The molecule has 0 atom stereocenters. The fourth-order valence-corrected chi connectivity index (χ4v) is 2.19. The highest BCUT2D eigenvalue weighted by Crippen LogP contribution is 2.31. The molecule has 0 spiro atoms. The topological polar surface area (TPSA) is 66.9 Å². The van der Waals surface area contributed by atoms with E-state index in [0.29, 0.717) is 5.69 Å². The van der Waals surface area contributed by atoms with Crippen molar-refractivity contribution in [1.82, 2.24) is 9.97 Å². The summed E-state index contributed by atoms with van der Waals surface area (Å²) in [5.74, 6) is -0.247. The second kappa shape index (κ2) is 7.22. The van der Waals surface area contributed by atoms with E-state index in [1.165, 1.54) is 18.2 Å². The van der Waals surface area contributed by atoms with Gasteiger partial charge in [-0.25, -0.2) is 9.97 Å². The van der Waals surface area contributed by atoms with Crippen molar-refractivity contribution in [3.05, 3.63) is 78.2 Å². The minimum Gasteiger partial charge on any atom is -0.340 e. The second-order valence-corrected chi connectivity index (χ2v) is 5.31. The van der Waals surface area contributed by atoms with E-state index in [1.807, 2.05) is 6.07 Å². The van der Waals surface area contributed by atoms with E-state index >= 15 is 0 Å². The van der Waals surface area contributed by atoms with Crippen molar-refractivity contribution in [1.29, 1.82) is 0 Å². The molecule has 2 N–H and O–H groups in total. The highest BCUT2D eigenvalue weighted by atomic mass is 19.4. The quantitative estimate of drug-likeness (QED) is 0.721. The summed E-state index contributed by atoms with van der Waals surface area (Å²) in [5.41, 5.74) is 0.105. The first-order valence-corrected chi connectivity index (χ1v) is 7.54. The first kappa shape index (κ1) is 17.4. The minimum absolute atomic E-state index is 0.0818. The van der Waals surface area contributed by atoms with E-state index in [9.17, 15) is 18.0 Å². The molecule has 0 aliphatic carbocycles. The van der Waals surface area contributed by atoms with Crippen LogP contribution in [0, 0.1) is 0 Å². The Kier molecular flexibility index (Phi) is 4.83. The molecule has 0 unspecified atom stereocenters. The van der Waals surface area contributed by atoms with Gasteiger partial charge in [0, 0.05) is 17.4 Å². The Morgan fingerprint density at radius 3 is 2.35 bits per heavy atom. The number of halogens is 3. The summed E-state index contributed by atoms with van der Waals surface area (Å²) in [5, 5.41) is 5.42. The van der Waals surface area contributed by atoms with Gasteiger partial charge < -0.3 is 10.6 Å². The number of benzene rings is 2. The number of rotatable bonds is 4. The molecular formula is C18H13F3N4O. The van der Waals surface area contributed by atoms with Gasteiger partial charge in [0.15, 0.2) is 0 Å². The van der Waals surface area contributed by atoms with Crippen LogP contribution < -0.4 is 10.6 Å². The molecule has 0 aliphatic heterocycles. The number of nitrogens with zero attached hydrogens (tertiary/aromatic N) is 2. The smallest absolute Gasteiger partial charge is 0.340 e. The number of alkyl halides is 3. The Bertz CT molecular complexity index is 914. The average Bonchev–Trinajstić information content (AvgIpc) is 2.62. The van der Waals surface area contributed by atoms with Gasteiger partial charge >= 0.3 is 6.18 Å². The Labute approximate surface area is 146 Å². The van der Waals surface area contributed by atoms with Gasteiger partial charge in [0.05, 0.1) is 5.56 Å². The van der Waals surface area contributed by atoms with E-state index in [-0.39, 0.29) is 17.2 Å². The van der Waals surface area contributed by atoms with E-state index in [1.54, 1.807) is 24.3 Å². The molecule has 0 fully saturated rings. The van der Waals surface area contributed by atoms with Crippen LogP contribution in [0.2, 0.25) is 0 Å². The standard InChI is InChI=1S/C18H13F3N4O/c19-18(20,21)12-5-4-8-14(9-12)24-16-10-15(22-11-23-16)17(26)25-13-6-2-1-3-7-13/h1-11H,(H,25,26)(H,22,23,24). The number of hydrogen-bond donors (Lipinski definition) is 2. The molecule has 2 aromatic carbocycles. The number of amides is 1. The van der Waals surface area contributed by atoms with E-state index in [2.05, 4.69) is 20.6 Å². The zero-order chi connectivity index (χ0) is 18.6. The maximum atomic E-state index is 12.8. The number of carbonyl (C=O) groups excluding carboxylic acids is 1. The number of aromatic nitrogens is 2. The third-order valence-corrected chi connectivity index (χ3v) is 3.39. The molecule has 1 amide bonds. The maximum Gasteiger partial charge on any atom is 0.416 e. The van der Waals surface area contributed by atoms with Gasteiger partial charge in [0.2, 0.25) is 0 Å². The van der Waals surface area contributed by atoms with Crippen LogP contribution in [0.1, 0.15) is 16.1 Å². The minimum atomic E-state index is -4.44. The Hall–Kier alpha value is -3.42. The average molecular weight is 358 g/mol. The normalized spacial score (nSPS) is 11.0. The van der Waals surface area contributed by atoms with Gasteiger partial charge in [-0.1, -0.05) is 24.3 Å². The van der Waals surface area contributed by atoms with E-state index < -0.39 is 17.6 Å². The van der Waals surface area contributed by atoms with Crippen LogP contribution in [0.3, 0.4) is 0 Å². The number of carbonyl (C=O) groups is 1. The summed E-state index contributed by atoms with van der Waals surface area (Å²) in [6.07, 6.45) is -3.28. The van der Waals surface area contributed by atoms with Crippen LogP contribution in [0.25, 0.3) is 0 Å². The van der Waals surface area contributed by atoms with Gasteiger partial charge in [-0.3, -0.25) is 4.79 Å². The SMILES string of the molecule is O=C(Nc1ccccc1)c1cc(Nc2cccc(C(F)(F)F)c2)ncn1.